The van der Waals surface area contributed by atoms with Gasteiger partial charge in [-0.2, -0.15) is 5.10 Å². The number of likely N-dealkylation sites (N-methyl/N-ethyl adjacent to an activating group) is 1. The first kappa shape index (κ1) is 20.5. The molecule has 0 radical (unpaired) electrons. The van der Waals surface area contributed by atoms with E-state index in [-0.39, 0.29) is 11.9 Å². The highest BCUT2D eigenvalue weighted by molar-refractivity contribution is 7.22. The van der Waals surface area contributed by atoms with Crippen LogP contribution in [-0.4, -0.2) is 52.8 Å². The van der Waals surface area contributed by atoms with Gasteiger partial charge < -0.3 is 4.90 Å². The van der Waals surface area contributed by atoms with Crippen molar-refractivity contribution in [1.82, 2.24) is 19.7 Å². The fourth-order valence-electron chi connectivity index (χ4n) is 3.19. The highest BCUT2D eigenvalue weighted by Gasteiger charge is 2.26. The second-order valence-corrected chi connectivity index (χ2v) is 8.59. The molecule has 0 N–H and O–H groups in total. The van der Waals surface area contributed by atoms with E-state index in [2.05, 4.69) is 35.1 Å². The molecule has 0 saturated heterocycles. The van der Waals surface area contributed by atoms with Crippen LogP contribution in [0.1, 0.15) is 48.6 Å². The van der Waals surface area contributed by atoms with Gasteiger partial charge in [-0.15, -0.1) is 0 Å². The maximum atomic E-state index is 13.5. The topological polar surface area (TPSA) is 54.3 Å². The van der Waals surface area contributed by atoms with Gasteiger partial charge in [0.25, 0.3) is 5.91 Å². The molecule has 2 heterocycles. The van der Waals surface area contributed by atoms with Crippen molar-refractivity contribution in [3.05, 3.63) is 41.2 Å². The third-order valence-corrected chi connectivity index (χ3v) is 5.73. The highest BCUT2D eigenvalue weighted by atomic mass is 32.1. The maximum absolute atomic E-state index is 13.5. The zero-order chi connectivity index (χ0) is 20.4. The van der Waals surface area contributed by atoms with Crippen LogP contribution in [0, 0.1) is 6.92 Å². The Morgan fingerprint density at radius 1 is 1.25 bits per heavy atom. The van der Waals surface area contributed by atoms with Crippen LogP contribution < -0.4 is 4.90 Å². The van der Waals surface area contributed by atoms with Gasteiger partial charge in [-0.25, -0.2) is 4.98 Å². The minimum atomic E-state index is -0.0479. The molecule has 1 aromatic carbocycles. The van der Waals surface area contributed by atoms with Crippen LogP contribution in [0.15, 0.2) is 24.3 Å². The van der Waals surface area contributed by atoms with E-state index in [9.17, 15) is 4.79 Å². The number of amides is 1. The molecule has 2 aromatic heterocycles. The summed E-state index contributed by atoms with van der Waals surface area (Å²) in [5, 5.41) is 5.26. The van der Waals surface area contributed by atoms with Crippen molar-refractivity contribution < 1.29 is 4.79 Å². The Hall–Kier alpha value is -2.25. The van der Waals surface area contributed by atoms with E-state index in [1.54, 1.807) is 16.2 Å². The lowest BCUT2D eigenvalue weighted by Gasteiger charge is -2.22. The monoisotopic (exact) mass is 399 g/mol. The SMILES string of the molecule is CCc1cccc2sc(N(CCN(C)C)C(=O)c3cc(C)nn3C(C)C)nc12. The molecule has 0 atom stereocenters. The van der Waals surface area contributed by atoms with E-state index in [1.165, 1.54) is 5.56 Å². The zero-order valence-corrected chi connectivity index (χ0v) is 18.4. The number of nitrogens with zero attached hydrogens (tertiary/aromatic N) is 5. The molecule has 0 aliphatic carbocycles. The van der Waals surface area contributed by atoms with Crippen molar-refractivity contribution in [3.63, 3.8) is 0 Å². The third-order valence-electron chi connectivity index (χ3n) is 4.69. The number of thiazole rings is 1. The summed E-state index contributed by atoms with van der Waals surface area (Å²) in [6.45, 7) is 9.47. The van der Waals surface area contributed by atoms with Crippen LogP contribution in [0.3, 0.4) is 0 Å². The molecule has 0 bridgehead atoms. The first-order chi connectivity index (χ1) is 13.3. The number of carbonyl (C=O) groups excluding carboxylic acids is 1. The Kier molecular flexibility index (Phi) is 6.15. The molecule has 0 unspecified atom stereocenters. The first-order valence-corrected chi connectivity index (χ1v) is 10.5. The number of para-hydroxylation sites is 1. The molecular weight excluding hydrogens is 370 g/mol. The van der Waals surface area contributed by atoms with Crippen LogP contribution in [0.25, 0.3) is 10.2 Å². The van der Waals surface area contributed by atoms with Crippen LogP contribution in [0.4, 0.5) is 5.13 Å². The summed E-state index contributed by atoms with van der Waals surface area (Å²) in [4.78, 5) is 22.3. The summed E-state index contributed by atoms with van der Waals surface area (Å²) in [6, 6.07) is 8.23. The maximum Gasteiger partial charge on any atom is 0.278 e. The van der Waals surface area contributed by atoms with Crippen molar-refractivity contribution in [3.8, 4) is 0 Å². The first-order valence-electron chi connectivity index (χ1n) is 9.73. The van der Waals surface area contributed by atoms with Crippen molar-refractivity contribution in [2.75, 3.05) is 32.1 Å². The molecule has 3 aromatic rings. The van der Waals surface area contributed by atoms with Gasteiger partial charge in [0, 0.05) is 19.1 Å². The summed E-state index contributed by atoms with van der Waals surface area (Å²) in [5.74, 6) is -0.0479. The Morgan fingerprint density at radius 3 is 2.64 bits per heavy atom. The van der Waals surface area contributed by atoms with Gasteiger partial charge in [0.1, 0.15) is 5.69 Å². The third kappa shape index (κ3) is 4.10. The van der Waals surface area contributed by atoms with E-state index >= 15 is 0 Å². The summed E-state index contributed by atoms with van der Waals surface area (Å²) in [6.07, 6.45) is 0.922. The van der Waals surface area contributed by atoms with Gasteiger partial charge in [0.2, 0.25) is 0 Å². The number of benzene rings is 1. The standard InChI is InChI=1S/C21H29N5OS/c1-7-16-9-8-10-18-19(16)22-21(28-18)25(12-11-24(5)6)20(27)17-13-15(4)23-26(17)14(2)3/h8-10,13-14H,7,11-12H2,1-6H3. The Balaban J connectivity index is 2.06. The van der Waals surface area contributed by atoms with Crippen molar-refractivity contribution in [2.24, 2.45) is 0 Å². The number of fused-ring (bicyclic) bond motifs is 1. The van der Waals surface area contributed by atoms with E-state index < -0.39 is 0 Å². The average molecular weight is 400 g/mol. The molecule has 1 amide bonds. The number of hydrogen-bond acceptors (Lipinski definition) is 5. The molecule has 6 nitrogen and oxygen atoms in total. The average Bonchev–Trinajstić information content (AvgIpc) is 3.24. The van der Waals surface area contributed by atoms with Gasteiger partial charge in [0.15, 0.2) is 5.13 Å². The largest absolute Gasteiger partial charge is 0.308 e. The van der Waals surface area contributed by atoms with Gasteiger partial charge in [-0.3, -0.25) is 14.4 Å². The Morgan fingerprint density at radius 2 is 2.00 bits per heavy atom. The molecule has 0 aliphatic heterocycles. The number of aryl methyl sites for hydroxylation is 2. The van der Waals surface area contributed by atoms with Crippen molar-refractivity contribution in [1.29, 1.82) is 0 Å². The number of aromatic nitrogens is 3. The van der Waals surface area contributed by atoms with Crippen LogP contribution >= 0.6 is 11.3 Å². The summed E-state index contributed by atoms with van der Waals surface area (Å²) >= 11 is 1.58. The second-order valence-electron chi connectivity index (χ2n) is 7.58. The molecular formula is C21H29N5OS. The quantitative estimate of drug-likeness (QED) is 0.599. The second kappa shape index (κ2) is 8.41. The lowest BCUT2D eigenvalue weighted by Crippen LogP contribution is -2.38. The lowest BCUT2D eigenvalue weighted by atomic mass is 10.1. The number of hydrogen-bond donors (Lipinski definition) is 0. The van der Waals surface area contributed by atoms with Crippen LogP contribution in [-0.2, 0) is 6.42 Å². The molecule has 150 valence electrons. The summed E-state index contributed by atoms with van der Waals surface area (Å²) in [5.41, 5.74) is 3.67. The predicted molar refractivity (Wildman–Crippen MR) is 117 cm³/mol. The molecule has 0 saturated carbocycles. The predicted octanol–water partition coefficient (Wildman–Crippen LogP) is 4.15. The molecule has 7 heteroatoms. The number of anilines is 1. The van der Waals surface area contributed by atoms with Crippen molar-refractivity contribution >= 4 is 32.6 Å². The fraction of sp³-hybridized carbons (Fsp3) is 0.476. The van der Waals surface area contributed by atoms with Gasteiger partial charge in [0.05, 0.1) is 15.9 Å². The molecule has 0 fully saturated rings. The van der Waals surface area contributed by atoms with Crippen LogP contribution in [0.2, 0.25) is 0 Å². The minimum Gasteiger partial charge on any atom is -0.308 e. The molecule has 0 spiro atoms. The van der Waals surface area contributed by atoms with Crippen LogP contribution in [0.5, 0.6) is 0 Å². The zero-order valence-electron chi connectivity index (χ0n) is 17.6. The number of carbonyl (C=O) groups is 1. The van der Waals surface area contributed by atoms with E-state index in [0.717, 1.165) is 34.0 Å². The highest BCUT2D eigenvalue weighted by Crippen LogP contribution is 2.32. The Bertz CT molecular complexity index is 972. The van der Waals surface area contributed by atoms with E-state index in [1.807, 2.05) is 45.6 Å². The molecule has 3 rings (SSSR count). The number of rotatable bonds is 7. The smallest absolute Gasteiger partial charge is 0.278 e. The van der Waals surface area contributed by atoms with E-state index in [4.69, 9.17) is 4.98 Å². The van der Waals surface area contributed by atoms with E-state index in [0.29, 0.717) is 12.2 Å². The normalized spacial score (nSPS) is 11.7. The van der Waals surface area contributed by atoms with Gasteiger partial charge in [-0.05, 0) is 59.0 Å². The Labute approximate surface area is 170 Å². The fourth-order valence-corrected chi connectivity index (χ4v) is 4.23. The van der Waals surface area contributed by atoms with Crippen molar-refractivity contribution in [2.45, 2.75) is 40.2 Å². The minimum absolute atomic E-state index is 0.0479. The summed E-state index contributed by atoms with van der Waals surface area (Å²) < 4.78 is 2.93. The lowest BCUT2D eigenvalue weighted by molar-refractivity contribution is 0.0973. The van der Waals surface area contributed by atoms with Gasteiger partial charge >= 0.3 is 0 Å². The molecule has 28 heavy (non-hydrogen) atoms. The van der Waals surface area contributed by atoms with Gasteiger partial charge in [-0.1, -0.05) is 30.4 Å². The summed E-state index contributed by atoms with van der Waals surface area (Å²) in [7, 11) is 4.03. The molecule has 0 aliphatic rings.